The maximum Gasteiger partial charge on any atom is 0.151 e. The van der Waals surface area contributed by atoms with Gasteiger partial charge in [-0.05, 0) is 6.42 Å². The first-order valence-corrected chi connectivity index (χ1v) is 3.72. The Balaban J connectivity index is 2.23. The van der Waals surface area contributed by atoms with Gasteiger partial charge in [0, 0.05) is 24.7 Å². The number of hydrogen-bond acceptors (Lipinski definition) is 0. The average molecular weight is 122 g/mol. The maximum absolute atomic E-state index is 7.56. The third kappa shape index (κ3) is 0.296. The predicted octanol–water partition coefficient (Wildman–Crippen LogP) is 1.22. The number of nitrogens with zero attached hydrogens (tertiary/aromatic N) is 1. The molecule has 3 atom stereocenters. The summed E-state index contributed by atoms with van der Waals surface area (Å²) in [6.07, 6.45) is 3.98. The van der Waals surface area contributed by atoms with Crippen molar-refractivity contribution in [1.29, 1.82) is 0 Å². The van der Waals surface area contributed by atoms with Crippen LogP contribution in [0, 0.1) is 11.8 Å². The molecule has 2 heterocycles. The zero-order valence-electron chi connectivity index (χ0n) is 5.30. The van der Waals surface area contributed by atoms with E-state index in [9.17, 15) is 0 Å². The van der Waals surface area contributed by atoms with Gasteiger partial charge >= 0.3 is 0 Å². The Morgan fingerprint density at radius 3 is 2.56 bits per heavy atom. The Kier molecular flexibility index (Phi) is 0.491. The summed E-state index contributed by atoms with van der Waals surface area (Å²) in [5.74, 6) is 9.30. The summed E-state index contributed by atoms with van der Waals surface area (Å²) in [6.45, 7) is 0. The van der Waals surface area contributed by atoms with Crippen molar-refractivity contribution in [3.63, 3.8) is 0 Å². The molecule has 2 heteroatoms. The van der Waals surface area contributed by atoms with Crippen molar-refractivity contribution in [2.24, 2.45) is 11.8 Å². The largest absolute Gasteiger partial charge is 0.454 e. The van der Waals surface area contributed by atoms with Gasteiger partial charge in [0.2, 0.25) is 0 Å². The van der Waals surface area contributed by atoms with Crippen LogP contribution >= 0.6 is 0 Å². The lowest BCUT2D eigenvalue weighted by molar-refractivity contribution is -0.491. The Morgan fingerprint density at radius 2 is 2.33 bits per heavy atom. The fourth-order valence-corrected chi connectivity index (χ4v) is 2.85. The SMILES string of the molecule is [NH-][N+]1=C2CC3C[C@H]2CC31. The lowest BCUT2D eigenvalue weighted by atomic mass is 10.0. The van der Waals surface area contributed by atoms with Crippen molar-refractivity contribution in [3.8, 4) is 0 Å². The second-order valence-corrected chi connectivity index (χ2v) is 3.56. The summed E-state index contributed by atoms with van der Waals surface area (Å²) >= 11 is 0. The van der Waals surface area contributed by atoms with Gasteiger partial charge < -0.3 is 5.84 Å². The minimum absolute atomic E-state index is 0.644. The highest BCUT2D eigenvalue weighted by Gasteiger charge is 2.57. The van der Waals surface area contributed by atoms with E-state index in [1.165, 1.54) is 25.0 Å². The molecule has 48 valence electrons. The van der Waals surface area contributed by atoms with E-state index in [4.69, 9.17) is 5.84 Å². The van der Waals surface area contributed by atoms with Gasteiger partial charge in [-0.2, -0.15) is 0 Å². The minimum Gasteiger partial charge on any atom is -0.454 e. The first-order valence-electron chi connectivity index (χ1n) is 3.72. The van der Waals surface area contributed by atoms with Crippen LogP contribution in [0.1, 0.15) is 19.3 Å². The monoisotopic (exact) mass is 122 g/mol. The molecule has 0 saturated heterocycles. The molecule has 0 aromatic rings. The quantitative estimate of drug-likeness (QED) is 0.432. The summed E-state index contributed by atoms with van der Waals surface area (Å²) in [6, 6.07) is 0.644. The molecular weight excluding hydrogens is 112 g/mol. The molecule has 9 heavy (non-hydrogen) atoms. The van der Waals surface area contributed by atoms with Crippen molar-refractivity contribution >= 4 is 5.71 Å². The van der Waals surface area contributed by atoms with Crippen molar-refractivity contribution < 1.29 is 4.68 Å². The summed E-state index contributed by atoms with van der Waals surface area (Å²) in [5, 5.41) is 0. The van der Waals surface area contributed by atoms with Crippen LogP contribution in [-0.4, -0.2) is 16.4 Å². The van der Waals surface area contributed by atoms with E-state index >= 15 is 0 Å². The molecule has 2 nitrogen and oxygen atoms in total. The van der Waals surface area contributed by atoms with Crippen LogP contribution in [0.3, 0.4) is 0 Å². The highest BCUT2D eigenvalue weighted by Crippen LogP contribution is 2.49. The minimum atomic E-state index is 0.644. The lowest BCUT2D eigenvalue weighted by Crippen LogP contribution is -2.16. The van der Waals surface area contributed by atoms with Gasteiger partial charge in [0.25, 0.3) is 0 Å². The molecule has 0 amide bonds. The van der Waals surface area contributed by atoms with Crippen LogP contribution in [-0.2, 0) is 0 Å². The molecule has 4 bridgehead atoms. The fraction of sp³-hybridized carbons (Fsp3) is 0.857. The van der Waals surface area contributed by atoms with Crippen LogP contribution in [0.25, 0.3) is 5.84 Å². The van der Waals surface area contributed by atoms with E-state index in [0.717, 1.165) is 11.8 Å². The van der Waals surface area contributed by atoms with Crippen LogP contribution in [0.4, 0.5) is 0 Å². The fourth-order valence-electron chi connectivity index (χ4n) is 2.85. The van der Waals surface area contributed by atoms with Gasteiger partial charge in [-0.25, -0.2) is 0 Å². The topological polar surface area (TPSA) is 26.8 Å². The normalized spacial score (nSPS) is 52.2. The van der Waals surface area contributed by atoms with E-state index in [-0.39, 0.29) is 0 Å². The Hall–Kier alpha value is -0.530. The third-order valence-electron chi connectivity index (χ3n) is 3.24. The first kappa shape index (κ1) is 4.31. The van der Waals surface area contributed by atoms with Gasteiger partial charge in [0.1, 0.15) is 0 Å². The zero-order valence-corrected chi connectivity index (χ0v) is 5.30. The van der Waals surface area contributed by atoms with Crippen LogP contribution in [0.5, 0.6) is 0 Å². The van der Waals surface area contributed by atoms with E-state index in [2.05, 4.69) is 0 Å². The summed E-state index contributed by atoms with van der Waals surface area (Å²) in [4.78, 5) is 0. The molecule has 0 aromatic heterocycles. The first-order chi connectivity index (χ1) is 4.36. The van der Waals surface area contributed by atoms with E-state index in [1.54, 1.807) is 4.68 Å². The Labute approximate surface area is 54.3 Å². The molecular formula is C7H10N2. The number of hydrogen-bond donors (Lipinski definition) is 0. The molecule has 1 N–H and O–H groups in total. The van der Waals surface area contributed by atoms with Gasteiger partial charge in [0.15, 0.2) is 11.8 Å². The summed E-state index contributed by atoms with van der Waals surface area (Å²) in [5.41, 5.74) is 1.45. The van der Waals surface area contributed by atoms with Crippen molar-refractivity contribution in [3.05, 3.63) is 5.84 Å². The summed E-state index contributed by atoms with van der Waals surface area (Å²) < 4.78 is 1.79. The highest BCUT2D eigenvalue weighted by atomic mass is 15.4. The second-order valence-electron chi connectivity index (χ2n) is 3.56. The molecule has 0 spiro atoms. The Bertz CT molecular complexity index is 207. The van der Waals surface area contributed by atoms with Crippen LogP contribution in [0.15, 0.2) is 0 Å². The van der Waals surface area contributed by atoms with Crippen LogP contribution < -0.4 is 0 Å². The molecule has 0 aromatic carbocycles. The molecule has 2 saturated carbocycles. The standard InChI is InChI=1S/C7H10N2/c8-9-6-2-4-1-5(6)3-7(4)9/h4-6,8H,1-3H2/t4-,5?,6?/m0/s1. The van der Waals surface area contributed by atoms with Gasteiger partial charge in [-0.3, -0.25) is 4.68 Å². The molecule has 2 unspecified atom stereocenters. The van der Waals surface area contributed by atoms with Crippen molar-refractivity contribution in [2.75, 3.05) is 0 Å². The molecule has 2 aliphatic heterocycles. The molecule has 2 aliphatic carbocycles. The van der Waals surface area contributed by atoms with Gasteiger partial charge in [0.05, 0.1) is 0 Å². The summed E-state index contributed by atoms with van der Waals surface area (Å²) in [7, 11) is 0. The van der Waals surface area contributed by atoms with Crippen molar-refractivity contribution in [1.82, 2.24) is 0 Å². The second kappa shape index (κ2) is 1.02. The van der Waals surface area contributed by atoms with E-state index < -0.39 is 0 Å². The van der Waals surface area contributed by atoms with Gasteiger partial charge in [-0.1, -0.05) is 0 Å². The third-order valence-corrected chi connectivity index (χ3v) is 3.24. The van der Waals surface area contributed by atoms with E-state index in [1.807, 2.05) is 0 Å². The lowest BCUT2D eigenvalue weighted by Gasteiger charge is -2.08. The molecule has 4 rings (SSSR count). The van der Waals surface area contributed by atoms with Crippen molar-refractivity contribution in [2.45, 2.75) is 25.3 Å². The number of nitrogens with one attached hydrogen (secondary N) is 1. The van der Waals surface area contributed by atoms with Crippen LogP contribution in [0.2, 0.25) is 0 Å². The van der Waals surface area contributed by atoms with Gasteiger partial charge in [-0.15, -0.1) is 0 Å². The molecule has 0 radical (unpaired) electrons. The zero-order chi connectivity index (χ0) is 6.01. The average Bonchev–Trinajstić information content (AvgIpc) is 2.46. The highest BCUT2D eigenvalue weighted by molar-refractivity contribution is 5.88. The molecule has 2 fully saturated rings. The predicted molar refractivity (Wildman–Crippen MR) is 34.2 cm³/mol. The van der Waals surface area contributed by atoms with E-state index in [0.29, 0.717) is 6.04 Å². The smallest absolute Gasteiger partial charge is 0.151 e. The molecule has 4 aliphatic rings. The number of rotatable bonds is 0. The Morgan fingerprint density at radius 1 is 1.44 bits per heavy atom. The maximum atomic E-state index is 7.56.